The molecule has 4 rings (SSSR count). The summed E-state index contributed by atoms with van der Waals surface area (Å²) in [7, 11) is 1.61. The third-order valence-corrected chi connectivity index (χ3v) is 5.19. The topological polar surface area (TPSA) is 76.1 Å². The predicted molar refractivity (Wildman–Crippen MR) is 112 cm³/mol. The molecule has 7 heteroatoms. The quantitative estimate of drug-likeness (QED) is 0.518. The van der Waals surface area contributed by atoms with Crippen molar-refractivity contribution in [1.82, 2.24) is 15.3 Å². The molecule has 0 aliphatic heterocycles. The monoisotopic (exact) mass is 390 g/mol. The van der Waals surface area contributed by atoms with E-state index in [0.717, 1.165) is 27.0 Å². The molecule has 6 nitrogen and oxygen atoms in total. The van der Waals surface area contributed by atoms with E-state index >= 15 is 0 Å². The van der Waals surface area contributed by atoms with Gasteiger partial charge in [-0.1, -0.05) is 47.7 Å². The van der Waals surface area contributed by atoms with E-state index in [1.165, 1.54) is 11.3 Å². The molecule has 28 heavy (non-hydrogen) atoms. The molecule has 0 saturated carbocycles. The maximum absolute atomic E-state index is 12.3. The highest BCUT2D eigenvalue weighted by Gasteiger charge is 2.15. The van der Waals surface area contributed by atoms with Crippen LogP contribution in [-0.4, -0.2) is 23.1 Å². The van der Waals surface area contributed by atoms with Gasteiger partial charge < -0.3 is 10.1 Å². The standard InChI is InChI=1S/C21H18N4O2S/c1-27-17-11-10-16(14-7-3-2-4-8-14)19-18(17)24-21(28-19)25-20(26)23-13-15-9-5-6-12-22-15/h2-12H,13H2,1H3,(H2,23,24,25,26). The number of aromatic nitrogens is 2. The van der Waals surface area contributed by atoms with Gasteiger partial charge >= 0.3 is 6.03 Å². The molecule has 2 heterocycles. The van der Waals surface area contributed by atoms with Gasteiger partial charge in [-0.3, -0.25) is 10.3 Å². The van der Waals surface area contributed by atoms with Gasteiger partial charge in [0, 0.05) is 11.8 Å². The molecule has 0 saturated heterocycles. The Morgan fingerprint density at radius 3 is 2.64 bits per heavy atom. The molecule has 0 bridgehead atoms. The molecule has 2 aromatic carbocycles. The van der Waals surface area contributed by atoms with Crippen molar-refractivity contribution in [3.63, 3.8) is 0 Å². The van der Waals surface area contributed by atoms with Crippen LogP contribution in [0.15, 0.2) is 66.9 Å². The first-order valence-corrected chi connectivity index (χ1v) is 9.54. The van der Waals surface area contributed by atoms with Gasteiger partial charge in [-0.15, -0.1) is 0 Å². The van der Waals surface area contributed by atoms with E-state index in [1.807, 2.05) is 60.7 Å². The Morgan fingerprint density at radius 2 is 1.89 bits per heavy atom. The zero-order valence-electron chi connectivity index (χ0n) is 15.2. The Kier molecular flexibility index (Phi) is 5.16. The van der Waals surface area contributed by atoms with E-state index in [2.05, 4.69) is 20.6 Å². The van der Waals surface area contributed by atoms with E-state index in [9.17, 15) is 4.79 Å². The number of carbonyl (C=O) groups excluding carboxylic acids is 1. The van der Waals surface area contributed by atoms with Crippen LogP contribution in [0.3, 0.4) is 0 Å². The predicted octanol–water partition coefficient (Wildman–Crippen LogP) is 4.69. The van der Waals surface area contributed by atoms with Crippen molar-refractivity contribution in [3.05, 3.63) is 72.6 Å². The minimum Gasteiger partial charge on any atom is -0.494 e. The second-order valence-electron chi connectivity index (χ2n) is 6.01. The number of hydrogen-bond acceptors (Lipinski definition) is 5. The molecular formula is C21H18N4O2S. The lowest BCUT2D eigenvalue weighted by Crippen LogP contribution is -2.28. The number of urea groups is 1. The van der Waals surface area contributed by atoms with Crippen molar-refractivity contribution in [1.29, 1.82) is 0 Å². The molecule has 140 valence electrons. The number of fused-ring (bicyclic) bond motifs is 1. The average Bonchev–Trinajstić information content (AvgIpc) is 3.16. The smallest absolute Gasteiger partial charge is 0.321 e. The lowest BCUT2D eigenvalue weighted by molar-refractivity contribution is 0.251. The molecule has 2 amide bonds. The van der Waals surface area contributed by atoms with Gasteiger partial charge in [0.2, 0.25) is 0 Å². The highest BCUT2D eigenvalue weighted by molar-refractivity contribution is 7.23. The van der Waals surface area contributed by atoms with E-state index in [0.29, 0.717) is 17.4 Å². The molecule has 2 N–H and O–H groups in total. The van der Waals surface area contributed by atoms with Gasteiger partial charge in [0.25, 0.3) is 0 Å². The van der Waals surface area contributed by atoms with Gasteiger partial charge in [0.1, 0.15) is 11.3 Å². The summed E-state index contributed by atoms with van der Waals surface area (Å²) in [4.78, 5) is 21.0. The number of benzene rings is 2. The van der Waals surface area contributed by atoms with E-state index < -0.39 is 0 Å². The summed E-state index contributed by atoms with van der Waals surface area (Å²) in [6.07, 6.45) is 1.69. The second kappa shape index (κ2) is 8.06. The summed E-state index contributed by atoms with van der Waals surface area (Å²) in [5, 5.41) is 6.10. The van der Waals surface area contributed by atoms with Gasteiger partial charge in [-0.25, -0.2) is 9.78 Å². The molecule has 0 radical (unpaired) electrons. The number of carbonyl (C=O) groups is 1. The van der Waals surface area contributed by atoms with Crippen LogP contribution in [-0.2, 0) is 6.54 Å². The number of hydrogen-bond donors (Lipinski definition) is 2. The van der Waals surface area contributed by atoms with Crippen LogP contribution in [0.1, 0.15) is 5.69 Å². The maximum Gasteiger partial charge on any atom is 0.321 e. The molecule has 0 fully saturated rings. The van der Waals surface area contributed by atoms with Crippen LogP contribution in [0, 0.1) is 0 Å². The van der Waals surface area contributed by atoms with Crippen molar-refractivity contribution < 1.29 is 9.53 Å². The summed E-state index contributed by atoms with van der Waals surface area (Å²) in [6.45, 7) is 0.343. The largest absolute Gasteiger partial charge is 0.494 e. The van der Waals surface area contributed by atoms with E-state index in [4.69, 9.17) is 4.74 Å². The number of thiazole rings is 1. The highest BCUT2D eigenvalue weighted by atomic mass is 32.1. The molecule has 0 aliphatic carbocycles. The number of pyridine rings is 1. The summed E-state index contributed by atoms with van der Waals surface area (Å²) < 4.78 is 6.41. The van der Waals surface area contributed by atoms with Gasteiger partial charge in [-0.05, 0) is 29.8 Å². The summed E-state index contributed by atoms with van der Waals surface area (Å²) >= 11 is 1.42. The minimum absolute atomic E-state index is 0.329. The SMILES string of the molecule is COc1ccc(-c2ccccc2)c2sc(NC(=O)NCc3ccccn3)nc12. The van der Waals surface area contributed by atoms with Crippen LogP contribution in [0.5, 0.6) is 5.75 Å². The van der Waals surface area contributed by atoms with E-state index in [1.54, 1.807) is 13.3 Å². The normalized spacial score (nSPS) is 10.6. The molecule has 0 aliphatic rings. The Balaban J connectivity index is 1.59. The highest BCUT2D eigenvalue weighted by Crippen LogP contribution is 2.39. The van der Waals surface area contributed by atoms with Crippen LogP contribution >= 0.6 is 11.3 Å². The van der Waals surface area contributed by atoms with Crippen LogP contribution in [0.2, 0.25) is 0 Å². The third kappa shape index (κ3) is 3.79. The van der Waals surface area contributed by atoms with Crippen molar-refractivity contribution in [2.75, 3.05) is 12.4 Å². The summed E-state index contributed by atoms with van der Waals surface area (Å²) in [6, 6.07) is 19.2. The fourth-order valence-electron chi connectivity index (χ4n) is 2.86. The van der Waals surface area contributed by atoms with Crippen molar-refractivity contribution in [2.24, 2.45) is 0 Å². The van der Waals surface area contributed by atoms with Crippen molar-refractivity contribution >= 4 is 32.7 Å². The summed E-state index contributed by atoms with van der Waals surface area (Å²) in [5.74, 6) is 0.674. The number of nitrogens with one attached hydrogen (secondary N) is 2. The maximum atomic E-state index is 12.3. The van der Waals surface area contributed by atoms with Gasteiger partial charge in [-0.2, -0.15) is 0 Å². The Labute approximate surface area is 166 Å². The molecule has 0 spiro atoms. The van der Waals surface area contributed by atoms with Crippen LogP contribution in [0.4, 0.5) is 9.93 Å². The Bertz CT molecular complexity index is 1100. The third-order valence-electron chi connectivity index (χ3n) is 4.19. The zero-order chi connectivity index (χ0) is 19.3. The molecular weight excluding hydrogens is 372 g/mol. The molecule has 0 unspecified atom stereocenters. The van der Waals surface area contributed by atoms with E-state index in [-0.39, 0.29) is 6.03 Å². The lowest BCUT2D eigenvalue weighted by atomic mass is 10.1. The number of anilines is 1. The minimum atomic E-state index is -0.329. The number of nitrogens with zero attached hydrogens (tertiary/aromatic N) is 2. The fourth-order valence-corrected chi connectivity index (χ4v) is 3.87. The second-order valence-corrected chi connectivity index (χ2v) is 7.01. The number of rotatable bonds is 5. The van der Waals surface area contributed by atoms with Crippen molar-refractivity contribution in [2.45, 2.75) is 6.54 Å². The molecule has 2 aromatic heterocycles. The Hall–Kier alpha value is -3.45. The van der Waals surface area contributed by atoms with Crippen LogP contribution in [0.25, 0.3) is 21.3 Å². The number of methoxy groups -OCH3 is 1. The number of amides is 2. The zero-order valence-corrected chi connectivity index (χ0v) is 16.0. The lowest BCUT2D eigenvalue weighted by Gasteiger charge is -2.05. The average molecular weight is 390 g/mol. The molecule has 4 aromatic rings. The van der Waals surface area contributed by atoms with Gasteiger partial charge in [0.15, 0.2) is 5.13 Å². The van der Waals surface area contributed by atoms with Crippen molar-refractivity contribution in [3.8, 4) is 16.9 Å². The first kappa shape index (κ1) is 17.9. The van der Waals surface area contributed by atoms with Gasteiger partial charge in [0.05, 0.1) is 24.0 Å². The first-order valence-electron chi connectivity index (χ1n) is 8.72. The molecule has 0 atom stereocenters. The fraction of sp³-hybridized carbons (Fsp3) is 0.0952. The first-order chi connectivity index (χ1) is 13.7. The summed E-state index contributed by atoms with van der Waals surface area (Å²) in [5.41, 5.74) is 3.66. The Morgan fingerprint density at radius 1 is 1.07 bits per heavy atom. The number of ether oxygens (including phenoxy) is 1. The van der Waals surface area contributed by atoms with Crippen LogP contribution < -0.4 is 15.4 Å².